The van der Waals surface area contributed by atoms with Crippen LogP contribution in [0.1, 0.15) is 51.4 Å². The van der Waals surface area contributed by atoms with E-state index in [0.717, 1.165) is 61.4 Å². The minimum Gasteiger partial charge on any atom is -0.494 e. The van der Waals surface area contributed by atoms with Crippen molar-refractivity contribution in [3.05, 3.63) is 24.3 Å². The standard InChI is InChI=1S/C25H37N3O3/c1-28(2)10-3-11-31-22-6-4-21(5-7-22)27-23(29)8-9-26-24(30)25-15-18-12-19(16-25)14-20(13-18)17-25/h4-7,18-20H,3,8-17H2,1-2H3,(H,26,30)(H,27,29). The molecule has 4 bridgehead atoms. The number of anilines is 1. The quantitative estimate of drug-likeness (QED) is 0.559. The van der Waals surface area contributed by atoms with Crippen LogP contribution in [0.15, 0.2) is 24.3 Å². The van der Waals surface area contributed by atoms with Crippen molar-refractivity contribution in [2.45, 2.75) is 51.4 Å². The maximum Gasteiger partial charge on any atom is 0.226 e. The Morgan fingerprint density at radius 2 is 1.65 bits per heavy atom. The van der Waals surface area contributed by atoms with Crippen molar-refractivity contribution in [2.24, 2.45) is 23.2 Å². The van der Waals surface area contributed by atoms with Crippen LogP contribution < -0.4 is 15.4 Å². The minimum atomic E-state index is -0.145. The minimum absolute atomic E-state index is 0.0783. The number of benzene rings is 1. The van der Waals surface area contributed by atoms with E-state index in [1.807, 2.05) is 38.4 Å². The van der Waals surface area contributed by atoms with Crippen molar-refractivity contribution in [3.8, 4) is 5.75 Å². The predicted molar refractivity (Wildman–Crippen MR) is 122 cm³/mol. The highest BCUT2D eigenvalue weighted by molar-refractivity contribution is 5.91. The summed E-state index contributed by atoms with van der Waals surface area (Å²) < 4.78 is 5.72. The zero-order valence-corrected chi connectivity index (χ0v) is 19.0. The highest BCUT2D eigenvalue weighted by Gasteiger charge is 2.54. The van der Waals surface area contributed by atoms with Gasteiger partial charge in [-0.25, -0.2) is 0 Å². The molecule has 6 nitrogen and oxygen atoms in total. The molecule has 5 rings (SSSR count). The summed E-state index contributed by atoms with van der Waals surface area (Å²) in [5.74, 6) is 3.17. The number of ether oxygens (including phenoxy) is 1. The summed E-state index contributed by atoms with van der Waals surface area (Å²) in [5.41, 5.74) is 0.603. The number of amides is 2. The highest BCUT2D eigenvalue weighted by Crippen LogP contribution is 2.60. The van der Waals surface area contributed by atoms with Gasteiger partial charge in [-0.15, -0.1) is 0 Å². The van der Waals surface area contributed by atoms with Crippen LogP contribution in [-0.2, 0) is 9.59 Å². The molecule has 0 aromatic heterocycles. The van der Waals surface area contributed by atoms with Gasteiger partial charge in [-0.1, -0.05) is 0 Å². The maximum atomic E-state index is 13.0. The van der Waals surface area contributed by atoms with Gasteiger partial charge in [-0.05, 0) is 101 Å². The van der Waals surface area contributed by atoms with E-state index in [-0.39, 0.29) is 17.2 Å². The molecular formula is C25H37N3O3. The Morgan fingerprint density at radius 3 is 2.23 bits per heavy atom. The Bertz CT molecular complexity index is 739. The summed E-state index contributed by atoms with van der Waals surface area (Å²) >= 11 is 0. The van der Waals surface area contributed by atoms with Gasteiger partial charge in [0.05, 0.1) is 6.61 Å². The first-order chi connectivity index (χ1) is 14.9. The summed E-state index contributed by atoms with van der Waals surface area (Å²) in [6.07, 6.45) is 8.42. The van der Waals surface area contributed by atoms with Crippen LogP contribution >= 0.6 is 0 Å². The summed E-state index contributed by atoms with van der Waals surface area (Å²) in [6.45, 7) is 2.07. The summed E-state index contributed by atoms with van der Waals surface area (Å²) in [6, 6.07) is 7.46. The SMILES string of the molecule is CN(C)CCCOc1ccc(NC(=O)CCNC(=O)C23CC4CC(CC(C4)C2)C3)cc1. The molecule has 170 valence electrons. The smallest absolute Gasteiger partial charge is 0.226 e. The average Bonchev–Trinajstić information content (AvgIpc) is 2.71. The first-order valence-corrected chi connectivity index (χ1v) is 11.9. The molecule has 0 unspecified atom stereocenters. The van der Waals surface area contributed by atoms with Crippen LogP contribution in [0, 0.1) is 23.2 Å². The largest absolute Gasteiger partial charge is 0.494 e. The average molecular weight is 428 g/mol. The van der Waals surface area contributed by atoms with Gasteiger partial charge >= 0.3 is 0 Å². The predicted octanol–water partition coefficient (Wildman–Crippen LogP) is 3.68. The zero-order valence-electron chi connectivity index (χ0n) is 19.0. The van der Waals surface area contributed by atoms with E-state index in [2.05, 4.69) is 15.5 Å². The number of hydrogen-bond donors (Lipinski definition) is 2. The Balaban J connectivity index is 1.16. The lowest BCUT2D eigenvalue weighted by molar-refractivity contribution is -0.146. The molecule has 0 radical (unpaired) electrons. The number of rotatable bonds is 10. The van der Waals surface area contributed by atoms with E-state index >= 15 is 0 Å². The van der Waals surface area contributed by atoms with E-state index in [1.165, 1.54) is 19.3 Å². The van der Waals surface area contributed by atoms with Crippen LogP contribution in [-0.4, -0.2) is 50.5 Å². The Hall–Kier alpha value is -2.08. The molecule has 0 aliphatic heterocycles. The molecular weight excluding hydrogens is 390 g/mol. The molecule has 0 heterocycles. The van der Waals surface area contributed by atoms with Crippen molar-refractivity contribution in [1.82, 2.24) is 10.2 Å². The van der Waals surface area contributed by atoms with Gasteiger partial charge in [0.25, 0.3) is 0 Å². The topological polar surface area (TPSA) is 70.7 Å². The number of carbonyl (C=O) groups excluding carboxylic acids is 2. The lowest BCUT2D eigenvalue weighted by Gasteiger charge is -2.55. The van der Waals surface area contributed by atoms with Gasteiger partial charge in [0.15, 0.2) is 0 Å². The highest BCUT2D eigenvalue weighted by atomic mass is 16.5. The fourth-order valence-corrected chi connectivity index (χ4v) is 6.29. The Morgan fingerprint density at radius 1 is 1.03 bits per heavy atom. The van der Waals surface area contributed by atoms with Crippen molar-refractivity contribution in [2.75, 3.05) is 39.1 Å². The van der Waals surface area contributed by atoms with Gasteiger partial charge in [0, 0.05) is 30.6 Å². The second-order valence-electron chi connectivity index (χ2n) is 10.3. The van der Waals surface area contributed by atoms with E-state index < -0.39 is 0 Å². The second kappa shape index (κ2) is 9.60. The number of hydrogen-bond acceptors (Lipinski definition) is 4. The molecule has 0 saturated heterocycles. The second-order valence-corrected chi connectivity index (χ2v) is 10.3. The third-order valence-corrected chi connectivity index (χ3v) is 7.31. The number of nitrogens with one attached hydrogen (secondary N) is 2. The van der Waals surface area contributed by atoms with E-state index in [1.54, 1.807) is 0 Å². The third kappa shape index (κ3) is 5.59. The molecule has 2 amide bonds. The summed E-state index contributed by atoms with van der Waals surface area (Å²) in [5, 5.41) is 5.99. The van der Waals surface area contributed by atoms with Crippen molar-refractivity contribution < 1.29 is 14.3 Å². The molecule has 4 aliphatic rings. The van der Waals surface area contributed by atoms with Crippen molar-refractivity contribution in [3.63, 3.8) is 0 Å². The van der Waals surface area contributed by atoms with Crippen molar-refractivity contribution in [1.29, 1.82) is 0 Å². The van der Waals surface area contributed by atoms with E-state index in [0.29, 0.717) is 19.6 Å². The van der Waals surface area contributed by atoms with Crippen molar-refractivity contribution >= 4 is 17.5 Å². The first kappa shape index (κ1) is 22.1. The molecule has 31 heavy (non-hydrogen) atoms. The van der Waals surface area contributed by atoms with Gasteiger partial charge < -0.3 is 20.3 Å². The monoisotopic (exact) mass is 427 g/mol. The van der Waals surface area contributed by atoms with Crippen LogP contribution in [0.2, 0.25) is 0 Å². The fourth-order valence-electron chi connectivity index (χ4n) is 6.29. The van der Waals surface area contributed by atoms with Gasteiger partial charge in [-0.2, -0.15) is 0 Å². The van der Waals surface area contributed by atoms with Crippen LogP contribution in [0.3, 0.4) is 0 Å². The molecule has 0 atom stereocenters. The summed E-state index contributed by atoms with van der Waals surface area (Å²) in [7, 11) is 4.10. The molecule has 6 heteroatoms. The molecule has 1 aromatic rings. The maximum absolute atomic E-state index is 13.0. The van der Waals surface area contributed by atoms with Gasteiger partial charge in [0.2, 0.25) is 11.8 Å². The molecule has 0 spiro atoms. The van der Waals surface area contributed by atoms with Crippen LogP contribution in [0.4, 0.5) is 5.69 Å². The molecule has 2 N–H and O–H groups in total. The molecule has 4 aliphatic carbocycles. The van der Waals surface area contributed by atoms with Crippen LogP contribution in [0.25, 0.3) is 0 Å². The van der Waals surface area contributed by atoms with Gasteiger partial charge in [-0.3, -0.25) is 9.59 Å². The Labute approximate surface area is 186 Å². The van der Waals surface area contributed by atoms with E-state index in [4.69, 9.17) is 4.74 Å². The lowest BCUT2D eigenvalue weighted by atomic mass is 9.49. The zero-order chi connectivity index (χ0) is 21.8. The molecule has 4 fully saturated rings. The Kier molecular flexibility index (Phi) is 6.85. The lowest BCUT2D eigenvalue weighted by Crippen LogP contribution is -2.53. The molecule has 4 saturated carbocycles. The molecule has 1 aromatic carbocycles. The fraction of sp³-hybridized carbons (Fsp3) is 0.680. The number of nitrogens with zero attached hydrogens (tertiary/aromatic N) is 1. The number of carbonyl (C=O) groups is 2. The van der Waals surface area contributed by atoms with E-state index in [9.17, 15) is 9.59 Å². The van der Waals surface area contributed by atoms with Crippen LogP contribution in [0.5, 0.6) is 5.75 Å². The normalized spacial score (nSPS) is 28.5. The first-order valence-electron chi connectivity index (χ1n) is 11.9. The van der Waals surface area contributed by atoms with Gasteiger partial charge in [0.1, 0.15) is 5.75 Å². The third-order valence-electron chi connectivity index (χ3n) is 7.31. The summed E-state index contributed by atoms with van der Waals surface area (Å²) in [4.78, 5) is 27.4.